The van der Waals surface area contributed by atoms with Crippen LogP contribution in [0.1, 0.15) is 0 Å². The Morgan fingerprint density at radius 2 is 1.50 bits per heavy atom. The molecule has 3 nitrogen and oxygen atoms in total. The van der Waals surface area contributed by atoms with Crippen LogP contribution in [0.2, 0.25) is 0 Å². The minimum absolute atomic E-state index is 3.65. The van der Waals surface area contributed by atoms with E-state index in [4.69, 9.17) is 11.3 Å². The van der Waals surface area contributed by atoms with Gasteiger partial charge >= 0.3 is 28.2 Å². The summed E-state index contributed by atoms with van der Waals surface area (Å²) in [4.78, 5) is 0. The topological polar surface area (TPSA) is 57.5 Å². The van der Waals surface area contributed by atoms with Crippen molar-refractivity contribution in [1.82, 2.24) is 0 Å². The summed E-state index contributed by atoms with van der Waals surface area (Å²) < 4.78 is 23.3. The van der Waals surface area contributed by atoms with Gasteiger partial charge in [0, 0.05) is 0 Å². The first-order valence-corrected chi connectivity index (χ1v) is 3.77. The molecule has 2 N–H and O–H groups in total. The van der Waals surface area contributed by atoms with Crippen LogP contribution in [0.25, 0.3) is 0 Å². The zero-order chi connectivity index (χ0) is 3.58. The second-order valence-electron chi connectivity index (χ2n) is 0.200. The SMILES string of the molecule is [O]=[Os]([OH])[OH]. The third kappa shape index (κ3) is 34.1. The Morgan fingerprint density at radius 1 is 1.50 bits per heavy atom. The molecule has 0 spiro atoms. The van der Waals surface area contributed by atoms with Gasteiger partial charge in [0.1, 0.15) is 0 Å². The Labute approximate surface area is 29.0 Å². The van der Waals surface area contributed by atoms with E-state index >= 15 is 0 Å². The van der Waals surface area contributed by atoms with Gasteiger partial charge in [0.05, 0.1) is 0 Å². The van der Waals surface area contributed by atoms with Crippen LogP contribution in [0.3, 0.4) is 0 Å². The zero-order valence-corrected chi connectivity index (χ0v) is 4.20. The van der Waals surface area contributed by atoms with E-state index in [1.807, 2.05) is 0 Å². The maximum atomic E-state index is 8.81. The molecule has 0 aromatic rings. The van der Waals surface area contributed by atoms with Crippen molar-refractivity contribution in [2.45, 2.75) is 0 Å². The molecule has 0 saturated heterocycles. The third-order valence-corrected chi connectivity index (χ3v) is 0. The van der Waals surface area contributed by atoms with Crippen molar-refractivity contribution < 1.29 is 28.2 Å². The summed E-state index contributed by atoms with van der Waals surface area (Å²) in [6, 6.07) is 0. The van der Waals surface area contributed by atoms with E-state index in [0.29, 0.717) is 0 Å². The molecule has 0 amide bonds. The van der Waals surface area contributed by atoms with Gasteiger partial charge in [0.25, 0.3) is 0 Å². The monoisotopic (exact) mass is 242 g/mol. The Balaban J connectivity index is 2.80. The summed E-state index contributed by atoms with van der Waals surface area (Å²) in [5.74, 6) is 0. The molecule has 0 saturated carbocycles. The fourth-order valence-electron chi connectivity index (χ4n) is 0. The van der Waals surface area contributed by atoms with E-state index in [1.54, 1.807) is 0 Å². The molecule has 0 heterocycles. The predicted octanol–water partition coefficient (Wildman–Crippen LogP) is -1.24. The maximum absolute atomic E-state index is 8.81. The summed E-state index contributed by atoms with van der Waals surface area (Å²) in [6.45, 7) is 0. The fourth-order valence-corrected chi connectivity index (χ4v) is 0. The molecule has 0 aromatic heterocycles. The van der Waals surface area contributed by atoms with E-state index in [-0.39, 0.29) is 0 Å². The van der Waals surface area contributed by atoms with Gasteiger partial charge in [-0.3, -0.25) is 0 Å². The van der Waals surface area contributed by atoms with Crippen molar-refractivity contribution >= 4 is 0 Å². The van der Waals surface area contributed by atoms with Gasteiger partial charge in [-0.1, -0.05) is 0 Å². The number of rotatable bonds is 0. The number of hydrogen-bond acceptors (Lipinski definition) is 1. The zero-order valence-electron chi connectivity index (χ0n) is 1.66. The molecule has 0 fully saturated rings. The molecule has 0 radical (unpaired) electrons. The average molecular weight is 240 g/mol. The van der Waals surface area contributed by atoms with Crippen molar-refractivity contribution in [3.05, 3.63) is 0 Å². The molecular weight excluding hydrogens is 238 g/mol. The molecule has 0 atom stereocenters. The Kier molecular flexibility index (Phi) is 1.80. The van der Waals surface area contributed by atoms with Crippen molar-refractivity contribution in [1.29, 1.82) is 0 Å². The Hall–Kier alpha value is 0.356. The van der Waals surface area contributed by atoms with E-state index in [1.165, 1.54) is 0 Å². The second kappa shape index (κ2) is 1.65. The first kappa shape index (κ1) is 4.36. The standard InChI is InChI=1S/2H2O.O.Os/h2*1H2;;/q;;;+2/p-2. The second-order valence-corrected chi connectivity index (χ2v) is 1.64. The van der Waals surface area contributed by atoms with Crippen molar-refractivity contribution in [2.75, 3.05) is 0 Å². The molecular formula is H2O3Os. The number of hydrogen-bond donors (Lipinski definition) is 2. The molecule has 0 aliphatic rings. The third-order valence-electron chi connectivity index (χ3n) is 0. The molecule has 0 aliphatic carbocycles. The van der Waals surface area contributed by atoms with Gasteiger partial charge in [0.15, 0.2) is 0 Å². The van der Waals surface area contributed by atoms with E-state index in [0.717, 1.165) is 0 Å². The van der Waals surface area contributed by atoms with Gasteiger partial charge in [-0.15, -0.1) is 0 Å². The Bertz CT molecular complexity index is 26.3. The quantitative estimate of drug-likeness (QED) is 0.557. The van der Waals surface area contributed by atoms with E-state index in [2.05, 4.69) is 0 Å². The van der Waals surface area contributed by atoms with Gasteiger partial charge < -0.3 is 0 Å². The van der Waals surface area contributed by atoms with E-state index < -0.39 is 16.9 Å². The molecule has 28 valence electrons. The fraction of sp³-hybridized carbons (Fsp3) is 0. The molecule has 0 aromatic carbocycles. The van der Waals surface area contributed by atoms with Crippen LogP contribution in [0.4, 0.5) is 0 Å². The summed E-state index contributed by atoms with van der Waals surface area (Å²) in [6.07, 6.45) is 0. The minimum atomic E-state index is -3.65. The first-order valence-electron chi connectivity index (χ1n) is 0.461. The molecule has 0 rings (SSSR count). The van der Waals surface area contributed by atoms with E-state index in [9.17, 15) is 0 Å². The van der Waals surface area contributed by atoms with Crippen LogP contribution < -0.4 is 0 Å². The predicted molar refractivity (Wildman–Crippen MR) is 5.12 cm³/mol. The Morgan fingerprint density at radius 3 is 1.50 bits per heavy atom. The van der Waals surface area contributed by atoms with Crippen LogP contribution in [0, 0.1) is 0 Å². The van der Waals surface area contributed by atoms with Crippen molar-refractivity contribution in [3.8, 4) is 0 Å². The normalized spacial score (nSPS) is 11.0. The molecule has 0 bridgehead atoms. The van der Waals surface area contributed by atoms with Crippen LogP contribution >= 0.6 is 0 Å². The van der Waals surface area contributed by atoms with Crippen molar-refractivity contribution in [3.63, 3.8) is 0 Å². The van der Waals surface area contributed by atoms with Gasteiger partial charge in [0.2, 0.25) is 0 Å². The summed E-state index contributed by atoms with van der Waals surface area (Å²) in [5, 5.41) is 0. The van der Waals surface area contributed by atoms with Gasteiger partial charge in [-0.25, -0.2) is 0 Å². The molecule has 4 heavy (non-hydrogen) atoms. The molecule has 0 unspecified atom stereocenters. The van der Waals surface area contributed by atoms with Crippen LogP contribution in [0.15, 0.2) is 0 Å². The van der Waals surface area contributed by atoms with Crippen LogP contribution in [0.5, 0.6) is 0 Å². The average Bonchev–Trinajstić information content (AvgIpc) is 0.811. The molecule has 0 aliphatic heterocycles. The van der Waals surface area contributed by atoms with Gasteiger partial charge in [-0.2, -0.15) is 0 Å². The van der Waals surface area contributed by atoms with Crippen molar-refractivity contribution in [2.24, 2.45) is 0 Å². The van der Waals surface area contributed by atoms with Crippen LogP contribution in [-0.4, -0.2) is 7.80 Å². The van der Waals surface area contributed by atoms with Gasteiger partial charge in [-0.05, 0) is 0 Å². The summed E-state index contributed by atoms with van der Waals surface area (Å²) in [7, 11) is 0. The molecule has 4 heteroatoms. The summed E-state index contributed by atoms with van der Waals surface area (Å²) >= 11 is -3.65. The van der Waals surface area contributed by atoms with Crippen LogP contribution in [-0.2, 0) is 20.4 Å². The first-order chi connectivity index (χ1) is 1.73. The summed E-state index contributed by atoms with van der Waals surface area (Å²) in [5.41, 5.74) is 0.